The van der Waals surface area contributed by atoms with Gasteiger partial charge in [-0.2, -0.15) is 14.4 Å². The first-order valence-corrected chi connectivity index (χ1v) is 10.1. The van der Waals surface area contributed by atoms with Crippen LogP contribution in [0.2, 0.25) is 0 Å². The molecule has 0 radical (unpaired) electrons. The van der Waals surface area contributed by atoms with Crippen molar-refractivity contribution in [3.8, 4) is 0 Å². The van der Waals surface area contributed by atoms with E-state index >= 15 is 0 Å². The van der Waals surface area contributed by atoms with E-state index in [1.165, 1.54) is 6.07 Å². The van der Waals surface area contributed by atoms with Crippen LogP contribution >= 0.6 is 0 Å². The largest absolute Gasteiger partial charge is 0.386 e. The van der Waals surface area contributed by atoms with Gasteiger partial charge in [-0.15, -0.1) is 0 Å². The lowest BCUT2D eigenvalue weighted by atomic mass is 9.83. The van der Waals surface area contributed by atoms with Crippen molar-refractivity contribution in [2.45, 2.75) is 32.4 Å². The molecule has 0 amide bonds. The quantitative estimate of drug-likeness (QED) is 0.535. The first-order valence-electron chi connectivity index (χ1n) is 10.1. The van der Waals surface area contributed by atoms with E-state index in [4.69, 9.17) is 0 Å². The Balaban J connectivity index is 1.59. The number of halogens is 1. The van der Waals surface area contributed by atoms with Gasteiger partial charge in [0.2, 0.25) is 5.95 Å². The minimum atomic E-state index is -0.733. The van der Waals surface area contributed by atoms with Gasteiger partial charge in [0.1, 0.15) is 23.1 Å². The highest BCUT2D eigenvalue weighted by atomic mass is 19.1. The molecule has 3 N–H and O–H groups in total. The molecule has 0 saturated carbocycles. The second-order valence-corrected chi connectivity index (χ2v) is 8.02. The lowest BCUT2D eigenvalue weighted by Gasteiger charge is -2.49. The van der Waals surface area contributed by atoms with Gasteiger partial charge in [0, 0.05) is 24.0 Å². The highest BCUT2D eigenvalue weighted by molar-refractivity contribution is 5.60. The average molecular weight is 421 g/mol. The number of β-amino-alcohol motifs (C(OH)–C–C–N with tert-alkyl or cyclic N) is 1. The zero-order valence-electron chi connectivity index (χ0n) is 17.6. The molecule has 2 aromatic heterocycles. The van der Waals surface area contributed by atoms with Crippen LogP contribution in [0.15, 0.2) is 36.8 Å². The Morgan fingerprint density at radius 3 is 2.58 bits per heavy atom. The molecule has 0 unspecified atom stereocenters. The highest BCUT2D eigenvalue weighted by Crippen LogP contribution is 2.33. The summed E-state index contributed by atoms with van der Waals surface area (Å²) in [5.74, 6) is 1.83. The summed E-state index contributed by atoms with van der Waals surface area (Å²) in [6.07, 6.45) is 4.78. The van der Waals surface area contributed by atoms with Gasteiger partial charge >= 0.3 is 0 Å². The molecule has 9 heteroatoms. The van der Waals surface area contributed by atoms with E-state index in [1.807, 2.05) is 31.7 Å². The zero-order valence-corrected chi connectivity index (χ0v) is 17.6. The van der Waals surface area contributed by atoms with E-state index in [1.54, 1.807) is 24.7 Å². The molecule has 0 bridgehead atoms. The van der Waals surface area contributed by atoms with Crippen molar-refractivity contribution in [3.05, 3.63) is 60.3 Å². The topological polar surface area (TPSA) is 99.1 Å². The predicted molar refractivity (Wildman–Crippen MR) is 115 cm³/mol. The zero-order chi connectivity index (χ0) is 22.0. The fourth-order valence-corrected chi connectivity index (χ4v) is 3.26. The molecular formula is C22H24FN7O. The van der Waals surface area contributed by atoms with Crippen LogP contribution in [0.1, 0.15) is 32.4 Å². The minimum Gasteiger partial charge on any atom is -0.386 e. The Hall–Kier alpha value is -3.51. The molecule has 1 fully saturated rings. The van der Waals surface area contributed by atoms with Gasteiger partial charge in [-0.3, -0.25) is 4.98 Å². The summed E-state index contributed by atoms with van der Waals surface area (Å²) in [6.45, 7) is 6.89. The molecule has 1 aliphatic rings. The number of hydrogen-bond acceptors (Lipinski definition) is 8. The van der Waals surface area contributed by atoms with Crippen LogP contribution in [0.5, 0.6) is 0 Å². The summed E-state index contributed by atoms with van der Waals surface area (Å²) in [5.41, 5.74) is 0.000407. The van der Waals surface area contributed by atoms with Gasteiger partial charge in [0.25, 0.3) is 0 Å². The van der Waals surface area contributed by atoms with Gasteiger partial charge in [-0.05, 0) is 31.0 Å². The summed E-state index contributed by atoms with van der Waals surface area (Å²) in [6, 6.07) is 9.81. The van der Waals surface area contributed by atoms with E-state index in [0.717, 1.165) is 5.56 Å². The van der Waals surface area contributed by atoms with E-state index in [9.17, 15) is 9.50 Å². The number of aromatic nitrogens is 4. The van der Waals surface area contributed by atoms with E-state index in [0.29, 0.717) is 36.5 Å². The van der Waals surface area contributed by atoms with E-state index < -0.39 is 11.4 Å². The molecule has 1 atom stereocenters. The van der Waals surface area contributed by atoms with E-state index in [-0.39, 0.29) is 12.0 Å². The Morgan fingerprint density at radius 2 is 1.94 bits per heavy atom. The standard InChI is InChI=1S/C22H24FN7O/c1-14(2)22(31)12-30(13-22)20-10-18(27-19-11-24-8-9-25-19)28-21(29-20)26-15(3)16-4-6-17(23)7-5-16/h4,6,8-11,14-15,31H,12-13H2,1-3H3,(H2,25,26,27,28,29)/t15-/m0/s1. The van der Waals surface area contributed by atoms with Gasteiger partial charge in [0.15, 0.2) is 5.82 Å². The third-order valence-electron chi connectivity index (χ3n) is 5.41. The Bertz CT molecular complexity index is 1020. The second kappa shape index (κ2) is 8.32. The highest BCUT2D eigenvalue weighted by Gasteiger charge is 2.44. The van der Waals surface area contributed by atoms with Crippen molar-refractivity contribution in [1.82, 2.24) is 19.9 Å². The molecule has 1 saturated heterocycles. The molecule has 0 aliphatic carbocycles. The SMILES string of the molecule is CC(C)C1(O)CN(c2cc(Nc3cnccn3)nc(N[C@@H](C)c3c#cc(F)cc3)n2)C1. The van der Waals surface area contributed by atoms with Crippen LogP contribution in [-0.4, -0.2) is 43.7 Å². The summed E-state index contributed by atoms with van der Waals surface area (Å²) in [4.78, 5) is 19.4. The van der Waals surface area contributed by atoms with Crippen molar-refractivity contribution in [3.63, 3.8) is 0 Å². The van der Waals surface area contributed by atoms with Crippen LogP contribution in [0.25, 0.3) is 0 Å². The molecule has 3 aromatic rings. The fourth-order valence-electron chi connectivity index (χ4n) is 3.26. The molecular weight excluding hydrogens is 397 g/mol. The van der Waals surface area contributed by atoms with Crippen molar-refractivity contribution in [2.75, 3.05) is 28.6 Å². The smallest absolute Gasteiger partial charge is 0.227 e. The van der Waals surface area contributed by atoms with Gasteiger partial charge < -0.3 is 20.6 Å². The normalized spacial score (nSPS) is 15.7. The molecule has 3 heterocycles. The number of anilines is 4. The Labute approximate surface area is 180 Å². The van der Waals surface area contributed by atoms with Crippen LogP contribution in [-0.2, 0) is 0 Å². The van der Waals surface area contributed by atoms with Crippen LogP contribution < -0.4 is 15.5 Å². The molecule has 160 valence electrons. The maximum absolute atomic E-state index is 13.2. The Morgan fingerprint density at radius 1 is 1.13 bits per heavy atom. The summed E-state index contributed by atoms with van der Waals surface area (Å²) < 4.78 is 13.2. The molecule has 0 spiro atoms. The lowest BCUT2D eigenvalue weighted by Crippen LogP contribution is -2.65. The summed E-state index contributed by atoms with van der Waals surface area (Å²) in [7, 11) is 0. The molecule has 31 heavy (non-hydrogen) atoms. The van der Waals surface area contributed by atoms with Gasteiger partial charge in [-0.25, -0.2) is 4.98 Å². The average Bonchev–Trinajstić information content (AvgIpc) is 2.72. The summed E-state index contributed by atoms with van der Waals surface area (Å²) >= 11 is 0. The fraction of sp³-hybridized carbons (Fsp3) is 0.364. The number of rotatable bonds is 7. The molecule has 1 aromatic carbocycles. The maximum atomic E-state index is 13.2. The third-order valence-corrected chi connectivity index (χ3v) is 5.41. The first kappa shape index (κ1) is 20.8. The Kier molecular flexibility index (Phi) is 5.57. The minimum absolute atomic E-state index is 0.144. The van der Waals surface area contributed by atoms with E-state index in [2.05, 4.69) is 42.7 Å². The van der Waals surface area contributed by atoms with Crippen LogP contribution in [0, 0.1) is 23.9 Å². The predicted octanol–water partition coefficient (Wildman–Crippen LogP) is 3.13. The van der Waals surface area contributed by atoms with Crippen LogP contribution in [0.3, 0.4) is 0 Å². The second-order valence-electron chi connectivity index (χ2n) is 8.02. The van der Waals surface area contributed by atoms with Crippen LogP contribution in [0.4, 0.5) is 27.8 Å². The number of nitrogens with one attached hydrogen (secondary N) is 2. The number of hydrogen-bond donors (Lipinski definition) is 3. The molecule has 4 rings (SSSR count). The van der Waals surface area contributed by atoms with Crippen molar-refractivity contribution < 1.29 is 9.50 Å². The number of aliphatic hydroxyl groups is 1. The molecule has 8 nitrogen and oxygen atoms in total. The monoisotopic (exact) mass is 421 g/mol. The van der Waals surface area contributed by atoms with Crippen molar-refractivity contribution >= 4 is 23.4 Å². The van der Waals surface area contributed by atoms with Crippen molar-refractivity contribution in [2.24, 2.45) is 5.92 Å². The van der Waals surface area contributed by atoms with Gasteiger partial charge in [-0.1, -0.05) is 19.9 Å². The summed E-state index contributed by atoms with van der Waals surface area (Å²) in [5, 5.41) is 17.0. The third kappa shape index (κ3) is 4.64. The number of nitrogens with zero attached hydrogens (tertiary/aromatic N) is 5. The lowest BCUT2D eigenvalue weighted by molar-refractivity contribution is -0.0304. The molecule has 1 aliphatic heterocycles. The maximum Gasteiger partial charge on any atom is 0.227 e. The van der Waals surface area contributed by atoms with Gasteiger partial charge in [0.05, 0.1) is 25.3 Å². The first-order chi connectivity index (χ1) is 14.8. The van der Waals surface area contributed by atoms with Crippen molar-refractivity contribution in [1.29, 1.82) is 0 Å².